The molecule has 14 heavy (non-hydrogen) atoms. The minimum atomic E-state index is -0.365. The van der Waals surface area contributed by atoms with Gasteiger partial charge in [0, 0.05) is 0 Å². The van der Waals surface area contributed by atoms with Gasteiger partial charge in [-0.1, -0.05) is 19.8 Å². The molecule has 0 spiro atoms. The van der Waals surface area contributed by atoms with Gasteiger partial charge in [-0.3, -0.25) is 4.79 Å². The molecule has 1 rings (SSSR count). The zero-order valence-corrected chi connectivity index (χ0v) is 8.96. The summed E-state index contributed by atoms with van der Waals surface area (Å²) >= 11 is 0. The molecule has 2 heteroatoms. The minimum absolute atomic E-state index is 0.365. The predicted molar refractivity (Wildman–Crippen MR) is 57.1 cm³/mol. The molecule has 1 N–H and O–H groups in total. The number of aliphatic hydroxyl groups is 1. The van der Waals surface area contributed by atoms with Crippen LogP contribution in [0.4, 0.5) is 0 Å². The Morgan fingerprint density at radius 1 is 1.43 bits per heavy atom. The molecule has 0 fully saturated rings. The maximum Gasteiger partial charge on any atom is 0.146 e. The molecule has 0 heterocycles. The van der Waals surface area contributed by atoms with E-state index in [9.17, 15) is 9.90 Å². The van der Waals surface area contributed by atoms with Gasteiger partial charge in [0.1, 0.15) is 6.29 Å². The highest BCUT2D eigenvalue weighted by Crippen LogP contribution is 2.27. The van der Waals surface area contributed by atoms with Crippen molar-refractivity contribution in [2.45, 2.75) is 58.0 Å². The van der Waals surface area contributed by atoms with Gasteiger partial charge in [0.05, 0.1) is 6.10 Å². The van der Waals surface area contributed by atoms with Crippen LogP contribution in [0.25, 0.3) is 0 Å². The van der Waals surface area contributed by atoms with Gasteiger partial charge in [-0.25, -0.2) is 0 Å². The Hall–Kier alpha value is -0.630. The minimum Gasteiger partial charge on any atom is -0.389 e. The van der Waals surface area contributed by atoms with Crippen LogP contribution in [0, 0.1) is 0 Å². The average Bonchev–Trinajstić information content (AvgIpc) is 2.25. The van der Waals surface area contributed by atoms with Gasteiger partial charge < -0.3 is 5.11 Å². The largest absolute Gasteiger partial charge is 0.389 e. The van der Waals surface area contributed by atoms with Crippen molar-refractivity contribution in [3.63, 3.8) is 0 Å². The van der Waals surface area contributed by atoms with Gasteiger partial charge in [0.25, 0.3) is 0 Å². The van der Waals surface area contributed by atoms with Gasteiger partial charge in [-0.05, 0) is 43.3 Å². The van der Waals surface area contributed by atoms with Crippen molar-refractivity contribution in [3.05, 3.63) is 11.1 Å². The first kappa shape index (κ1) is 11.4. The summed E-state index contributed by atoms with van der Waals surface area (Å²) in [5.41, 5.74) is 1.87. The first-order chi connectivity index (χ1) is 6.79. The molecule has 1 aliphatic rings. The third-order valence-corrected chi connectivity index (χ3v) is 2.93. The molecule has 0 aliphatic heterocycles. The van der Waals surface area contributed by atoms with Crippen molar-refractivity contribution in [2.75, 3.05) is 0 Å². The van der Waals surface area contributed by atoms with Crippen LogP contribution in [0.3, 0.4) is 0 Å². The number of hydrogen-bond acceptors (Lipinski definition) is 2. The second kappa shape index (κ2) is 5.97. The summed E-state index contributed by atoms with van der Waals surface area (Å²) in [6.45, 7) is 2.11. The number of aliphatic hydroxyl groups excluding tert-OH is 1. The van der Waals surface area contributed by atoms with Crippen molar-refractivity contribution in [3.8, 4) is 0 Å². The number of aldehydes is 1. The van der Waals surface area contributed by atoms with E-state index in [1.165, 1.54) is 0 Å². The smallest absolute Gasteiger partial charge is 0.146 e. The maximum absolute atomic E-state index is 10.8. The highest BCUT2D eigenvalue weighted by atomic mass is 16.3. The molecule has 0 saturated heterocycles. The van der Waals surface area contributed by atoms with Crippen LogP contribution in [-0.2, 0) is 4.79 Å². The van der Waals surface area contributed by atoms with Gasteiger partial charge in [-0.15, -0.1) is 0 Å². The molecule has 0 aromatic carbocycles. The molecular weight excluding hydrogens is 176 g/mol. The lowest BCUT2D eigenvalue weighted by Gasteiger charge is -2.21. The Kier molecular flexibility index (Phi) is 4.88. The quantitative estimate of drug-likeness (QED) is 0.686. The fraction of sp³-hybridized carbons (Fsp3) is 0.750. The number of rotatable bonds is 5. The van der Waals surface area contributed by atoms with E-state index in [1.807, 2.05) is 0 Å². The van der Waals surface area contributed by atoms with Crippen LogP contribution in [0.15, 0.2) is 11.1 Å². The van der Waals surface area contributed by atoms with E-state index in [0.29, 0.717) is 0 Å². The third-order valence-electron chi connectivity index (χ3n) is 2.93. The van der Waals surface area contributed by atoms with E-state index in [1.54, 1.807) is 0 Å². The normalized spacial score (nSPS) is 19.6. The summed E-state index contributed by atoms with van der Waals surface area (Å²) in [6.07, 6.45) is 7.51. The van der Waals surface area contributed by atoms with Crippen LogP contribution >= 0.6 is 0 Å². The second-order valence-electron chi connectivity index (χ2n) is 4.03. The maximum atomic E-state index is 10.8. The number of unbranched alkanes of at least 4 members (excludes halogenated alkanes) is 1. The number of hydrogen-bond donors (Lipinski definition) is 1. The fourth-order valence-corrected chi connectivity index (χ4v) is 2.04. The Bertz CT molecular complexity index is 218. The first-order valence-electron chi connectivity index (χ1n) is 5.64. The number of carbonyl (C=O) groups excluding carboxylic acids is 1. The Labute approximate surface area is 86.0 Å². The summed E-state index contributed by atoms with van der Waals surface area (Å²) in [6, 6.07) is 0. The lowest BCUT2D eigenvalue weighted by atomic mass is 9.87. The van der Waals surface area contributed by atoms with Gasteiger partial charge in [0.2, 0.25) is 0 Å². The highest BCUT2D eigenvalue weighted by molar-refractivity contribution is 5.75. The standard InChI is InChI=1S/C12H20O2/c1-2-3-8-12(14)11-7-5-4-6-10(11)9-13/h9,12,14H,2-8H2,1H3. The first-order valence-corrected chi connectivity index (χ1v) is 5.64. The molecular formula is C12H20O2. The van der Waals surface area contributed by atoms with E-state index in [2.05, 4.69) is 6.92 Å². The number of carbonyl (C=O) groups is 1. The average molecular weight is 196 g/mol. The summed E-state index contributed by atoms with van der Waals surface area (Å²) in [5.74, 6) is 0. The van der Waals surface area contributed by atoms with Crippen LogP contribution < -0.4 is 0 Å². The zero-order valence-electron chi connectivity index (χ0n) is 8.96. The Morgan fingerprint density at radius 2 is 2.14 bits per heavy atom. The Balaban J connectivity index is 2.61. The van der Waals surface area contributed by atoms with Crippen molar-refractivity contribution in [1.29, 1.82) is 0 Å². The van der Waals surface area contributed by atoms with Crippen LogP contribution in [0.2, 0.25) is 0 Å². The SMILES string of the molecule is CCCCC(O)C1=C(C=O)CCCC1. The van der Waals surface area contributed by atoms with E-state index in [-0.39, 0.29) is 6.10 Å². The lowest BCUT2D eigenvalue weighted by molar-refractivity contribution is -0.105. The monoisotopic (exact) mass is 196 g/mol. The topological polar surface area (TPSA) is 37.3 Å². The molecule has 1 unspecified atom stereocenters. The molecule has 1 atom stereocenters. The van der Waals surface area contributed by atoms with Gasteiger partial charge in [-0.2, -0.15) is 0 Å². The highest BCUT2D eigenvalue weighted by Gasteiger charge is 2.18. The molecule has 80 valence electrons. The molecule has 0 amide bonds. The van der Waals surface area contributed by atoms with E-state index < -0.39 is 0 Å². The molecule has 0 radical (unpaired) electrons. The van der Waals surface area contributed by atoms with Crippen LogP contribution in [-0.4, -0.2) is 17.5 Å². The van der Waals surface area contributed by atoms with Gasteiger partial charge in [0.15, 0.2) is 0 Å². The Morgan fingerprint density at radius 3 is 2.79 bits per heavy atom. The van der Waals surface area contributed by atoms with E-state index in [0.717, 1.165) is 62.4 Å². The predicted octanol–water partition coefficient (Wildman–Crippen LogP) is 2.61. The summed E-state index contributed by atoms with van der Waals surface area (Å²) in [5, 5.41) is 9.89. The van der Waals surface area contributed by atoms with Crippen molar-refractivity contribution < 1.29 is 9.90 Å². The summed E-state index contributed by atoms with van der Waals surface area (Å²) < 4.78 is 0. The molecule has 0 aromatic rings. The molecule has 0 saturated carbocycles. The molecule has 0 aromatic heterocycles. The van der Waals surface area contributed by atoms with E-state index >= 15 is 0 Å². The zero-order chi connectivity index (χ0) is 10.4. The number of allylic oxidation sites excluding steroid dienone is 1. The van der Waals surface area contributed by atoms with E-state index in [4.69, 9.17) is 0 Å². The summed E-state index contributed by atoms with van der Waals surface area (Å²) in [7, 11) is 0. The van der Waals surface area contributed by atoms with Crippen molar-refractivity contribution in [2.24, 2.45) is 0 Å². The molecule has 0 bridgehead atoms. The lowest BCUT2D eigenvalue weighted by Crippen LogP contribution is -2.16. The third kappa shape index (κ3) is 2.95. The molecule has 1 aliphatic carbocycles. The molecule has 2 nitrogen and oxygen atoms in total. The van der Waals surface area contributed by atoms with Crippen molar-refractivity contribution in [1.82, 2.24) is 0 Å². The second-order valence-corrected chi connectivity index (χ2v) is 4.03. The summed E-state index contributed by atoms with van der Waals surface area (Å²) in [4.78, 5) is 10.8. The van der Waals surface area contributed by atoms with Gasteiger partial charge >= 0.3 is 0 Å². The van der Waals surface area contributed by atoms with Crippen LogP contribution in [0.1, 0.15) is 51.9 Å². The fourth-order valence-electron chi connectivity index (χ4n) is 2.04. The van der Waals surface area contributed by atoms with Crippen LogP contribution in [0.5, 0.6) is 0 Å². The van der Waals surface area contributed by atoms with Crippen molar-refractivity contribution >= 4 is 6.29 Å².